The Bertz CT molecular complexity index is 417. The molecule has 1 unspecified atom stereocenters. The quantitative estimate of drug-likeness (QED) is 0.816. The van der Waals surface area contributed by atoms with Gasteiger partial charge in [-0.05, 0) is 38.0 Å². The number of nitrogens with two attached hydrogens (primary N) is 1. The first-order valence-corrected chi connectivity index (χ1v) is 6.04. The van der Waals surface area contributed by atoms with Gasteiger partial charge in [0.05, 0.1) is 12.1 Å². The fourth-order valence-electron chi connectivity index (χ4n) is 2.23. The molecule has 0 spiro atoms. The summed E-state index contributed by atoms with van der Waals surface area (Å²) in [5.74, 6) is 0. The van der Waals surface area contributed by atoms with Crippen molar-refractivity contribution in [3.63, 3.8) is 0 Å². The number of nitrogens with one attached hydrogen (secondary N) is 1. The fourth-order valence-corrected chi connectivity index (χ4v) is 2.23. The Morgan fingerprint density at radius 2 is 2.22 bits per heavy atom. The molecular weight excluding hydrogens is 238 g/mol. The molecule has 1 aromatic rings. The maximum Gasteiger partial charge on any atom is 0.265 e. The van der Waals surface area contributed by atoms with E-state index in [1.165, 1.54) is 6.07 Å². The summed E-state index contributed by atoms with van der Waals surface area (Å²) in [6.45, 7) is 3.25. The molecule has 1 aliphatic heterocycles. The van der Waals surface area contributed by atoms with Gasteiger partial charge in [-0.1, -0.05) is 0 Å². The minimum Gasteiger partial charge on any atom is -0.399 e. The third kappa shape index (κ3) is 2.90. The van der Waals surface area contributed by atoms with Gasteiger partial charge in [0.25, 0.3) is 6.43 Å². The number of benzene rings is 1. The van der Waals surface area contributed by atoms with Gasteiger partial charge >= 0.3 is 0 Å². The Morgan fingerprint density at radius 1 is 1.44 bits per heavy atom. The standard InChI is InChI=1S/C13H18F2N2O/c1-13(5-2-6-18-8-13)17-11-4-3-9(16)7-10(11)12(14)15/h3-4,7,12,17H,2,5-6,8,16H2,1H3. The molecule has 1 fully saturated rings. The minimum absolute atomic E-state index is 0.0539. The SMILES string of the molecule is CC1(Nc2ccc(N)cc2C(F)F)CCCOC1. The van der Waals surface area contributed by atoms with Crippen LogP contribution >= 0.6 is 0 Å². The van der Waals surface area contributed by atoms with Crippen LogP contribution in [0.5, 0.6) is 0 Å². The first-order chi connectivity index (χ1) is 8.50. The van der Waals surface area contributed by atoms with E-state index in [-0.39, 0.29) is 11.1 Å². The molecule has 100 valence electrons. The zero-order chi connectivity index (χ0) is 13.2. The first kappa shape index (κ1) is 13.1. The second-order valence-corrected chi connectivity index (χ2v) is 4.99. The molecule has 0 saturated carbocycles. The van der Waals surface area contributed by atoms with Crippen LogP contribution in [0.1, 0.15) is 31.8 Å². The lowest BCUT2D eigenvalue weighted by Gasteiger charge is -2.36. The van der Waals surface area contributed by atoms with Gasteiger partial charge in [0.1, 0.15) is 0 Å². The Morgan fingerprint density at radius 3 is 2.83 bits per heavy atom. The molecule has 5 heteroatoms. The van der Waals surface area contributed by atoms with Crippen LogP contribution in [0.3, 0.4) is 0 Å². The summed E-state index contributed by atoms with van der Waals surface area (Å²) >= 11 is 0. The van der Waals surface area contributed by atoms with Crippen LogP contribution in [0.4, 0.5) is 20.2 Å². The second-order valence-electron chi connectivity index (χ2n) is 4.99. The van der Waals surface area contributed by atoms with Gasteiger partial charge < -0.3 is 15.8 Å². The van der Waals surface area contributed by atoms with Gasteiger partial charge in [0, 0.05) is 23.5 Å². The molecule has 3 nitrogen and oxygen atoms in total. The van der Waals surface area contributed by atoms with E-state index >= 15 is 0 Å². The lowest BCUT2D eigenvalue weighted by molar-refractivity contribution is 0.0538. The summed E-state index contributed by atoms with van der Waals surface area (Å²) < 4.78 is 31.3. The van der Waals surface area contributed by atoms with Crippen molar-refractivity contribution in [3.8, 4) is 0 Å². The zero-order valence-electron chi connectivity index (χ0n) is 10.4. The van der Waals surface area contributed by atoms with E-state index in [0.717, 1.165) is 19.4 Å². The van der Waals surface area contributed by atoms with Crippen molar-refractivity contribution in [1.29, 1.82) is 0 Å². The Balaban J connectivity index is 2.22. The number of rotatable bonds is 3. The van der Waals surface area contributed by atoms with Crippen molar-refractivity contribution in [2.45, 2.75) is 31.7 Å². The predicted molar refractivity (Wildman–Crippen MR) is 67.9 cm³/mol. The summed E-state index contributed by atoms with van der Waals surface area (Å²) in [7, 11) is 0. The lowest BCUT2D eigenvalue weighted by Crippen LogP contribution is -2.43. The van der Waals surface area contributed by atoms with Crippen LogP contribution in [0.15, 0.2) is 18.2 Å². The smallest absolute Gasteiger partial charge is 0.265 e. The van der Waals surface area contributed by atoms with Crippen molar-refractivity contribution in [3.05, 3.63) is 23.8 Å². The van der Waals surface area contributed by atoms with Crippen LogP contribution in [-0.2, 0) is 4.74 Å². The van der Waals surface area contributed by atoms with Crippen LogP contribution in [0, 0.1) is 0 Å². The normalized spacial score (nSPS) is 24.2. The highest BCUT2D eigenvalue weighted by atomic mass is 19.3. The lowest BCUT2D eigenvalue weighted by atomic mass is 9.94. The van der Waals surface area contributed by atoms with Crippen molar-refractivity contribution in [2.75, 3.05) is 24.3 Å². The molecule has 1 aromatic carbocycles. The van der Waals surface area contributed by atoms with Crippen LogP contribution in [0.25, 0.3) is 0 Å². The third-order valence-electron chi connectivity index (χ3n) is 3.19. The maximum atomic E-state index is 13.0. The summed E-state index contributed by atoms with van der Waals surface area (Å²) in [5, 5.41) is 3.17. The Labute approximate surface area is 105 Å². The van der Waals surface area contributed by atoms with Gasteiger partial charge in [-0.25, -0.2) is 8.78 Å². The molecule has 1 aliphatic rings. The number of halogens is 2. The van der Waals surface area contributed by atoms with Crippen molar-refractivity contribution < 1.29 is 13.5 Å². The Kier molecular flexibility index (Phi) is 3.71. The average molecular weight is 256 g/mol. The van der Waals surface area contributed by atoms with Crippen LogP contribution < -0.4 is 11.1 Å². The molecule has 0 bridgehead atoms. The largest absolute Gasteiger partial charge is 0.399 e. The highest BCUT2D eigenvalue weighted by Crippen LogP contribution is 2.32. The highest BCUT2D eigenvalue weighted by Gasteiger charge is 2.28. The molecule has 2 rings (SSSR count). The number of nitrogen functional groups attached to an aromatic ring is 1. The summed E-state index contributed by atoms with van der Waals surface area (Å²) in [6, 6.07) is 4.55. The van der Waals surface area contributed by atoms with Gasteiger partial charge in [0.15, 0.2) is 0 Å². The van der Waals surface area contributed by atoms with E-state index in [2.05, 4.69) is 5.32 Å². The average Bonchev–Trinajstić information content (AvgIpc) is 2.32. The maximum absolute atomic E-state index is 13.0. The van der Waals surface area contributed by atoms with Crippen molar-refractivity contribution in [1.82, 2.24) is 0 Å². The van der Waals surface area contributed by atoms with E-state index in [4.69, 9.17) is 10.5 Å². The van der Waals surface area contributed by atoms with Crippen molar-refractivity contribution >= 4 is 11.4 Å². The van der Waals surface area contributed by atoms with Gasteiger partial charge in [-0.2, -0.15) is 0 Å². The van der Waals surface area contributed by atoms with E-state index in [1.807, 2.05) is 6.92 Å². The van der Waals surface area contributed by atoms with E-state index < -0.39 is 6.43 Å². The zero-order valence-corrected chi connectivity index (χ0v) is 10.4. The molecule has 1 heterocycles. The number of ether oxygens (including phenoxy) is 1. The molecule has 0 amide bonds. The predicted octanol–water partition coefficient (Wildman–Crippen LogP) is 3.19. The summed E-state index contributed by atoms with van der Waals surface area (Å²) in [5.41, 5.74) is 5.98. The molecular formula is C13H18F2N2O. The van der Waals surface area contributed by atoms with Crippen molar-refractivity contribution in [2.24, 2.45) is 0 Å². The molecule has 18 heavy (non-hydrogen) atoms. The molecule has 1 saturated heterocycles. The molecule has 0 aliphatic carbocycles. The molecule has 0 aromatic heterocycles. The molecule has 3 N–H and O–H groups in total. The summed E-state index contributed by atoms with van der Waals surface area (Å²) in [6.07, 6.45) is -0.702. The van der Waals surface area contributed by atoms with Gasteiger partial charge in [-0.15, -0.1) is 0 Å². The minimum atomic E-state index is -2.54. The Hall–Kier alpha value is -1.36. The fraction of sp³-hybridized carbons (Fsp3) is 0.538. The van der Waals surface area contributed by atoms with Gasteiger partial charge in [0.2, 0.25) is 0 Å². The molecule has 0 radical (unpaired) electrons. The monoisotopic (exact) mass is 256 g/mol. The van der Waals surface area contributed by atoms with E-state index in [1.54, 1.807) is 12.1 Å². The van der Waals surface area contributed by atoms with Crippen LogP contribution in [-0.4, -0.2) is 18.8 Å². The number of hydrogen-bond acceptors (Lipinski definition) is 3. The first-order valence-electron chi connectivity index (χ1n) is 6.04. The number of hydrogen-bond donors (Lipinski definition) is 2. The topological polar surface area (TPSA) is 47.3 Å². The highest BCUT2D eigenvalue weighted by molar-refractivity contribution is 5.59. The summed E-state index contributed by atoms with van der Waals surface area (Å²) in [4.78, 5) is 0. The van der Waals surface area contributed by atoms with Gasteiger partial charge in [-0.3, -0.25) is 0 Å². The molecule has 1 atom stereocenters. The third-order valence-corrected chi connectivity index (χ3v) is 3.19. The van der Waals surface area contributed by atoms with Crippen LogP contribution in [0.2, 0.25) is 0 Å². The van der Waals surface area contributed by atoms with E-state index in [9.17, 15) is 8.78 Å². The number of anilines is 2. The van der Waals surface area contributed by atoms with E-state index in [0.29, 0.717) is 18.0 Å². The number of alkyl halides is 2. The second kappa shape index (κ2) is 5.10.